The molecule has 1 saturated carbocycles. The Bertz CT molecular complexity index is 553. The molecule has 1 N–H and O–H groups in total. The summed E-state index contributed by atoms with van der Waals surface area (Å²) < 4.78 is 0. The minimum atomic E-state index is -0.0384. The predicted molar refractivity (Wildman–Crippen MR) is 95.4 cm³/mol. The molecule has 2 fully saturated rings. The van der Waals surface area contributed by atoms with Gasteiger partial charge in [-0.25, -0.2) is 0 Å². The van der Waals surface area contributed by atoms with Crippen molar-refractivity contribution < 1.29 is 4.79 Å². The molecule has 0 atom stereocenters. The second kappa shape index (κ2) is 7.84. The van der Waals surface area contributed by atoms with E-state index in [1.165, 1.54) is 25.7 Å². The zero-order chi connectivity index (χ0) is 16.2. The Hall–Kier alpha value is -0.810. The quantitative estimate of drug-likeness (QED) is 0.897. The van der Waals surface area contributed by atoms with Gasteiger partial charge in [-0.1, -0.05) is 42.1 Å². The third-order valence-electron chi connectivity index (χ3n) is 4.84. The molecule has 6 heteroatoms. The van der Waals surface area contributed by atoms with E-state index in [1.807, 2.05) is 0 Å². The van der Waals surface area contributed by atoms with Crippen LogP contribution in [0.3, 0.4) is 0 Å². The van der Waals surface area contributed by atoms with Crippen LogP contribution in [0.5, 0.6) is 0 Å². The summed E-state index contributed by atoms with van der Waals surface area (Å²) in [7, 11) is 0. The summed E-state index contributed by atoms with van der Waals surface area (Å²) in [6.45, 7) is 4.44. The van der Waals surface area contributed by atoms with Gasteiger partial charge in [0.25, 0.3) is 0 Å². The van der Waals surface area contributed by atoms with Gasteiger partial charge < -0.3 is 5.32 Å². The van der Waals surface area contributed by atoms with Gasteiger partial charge in [0.2, 0.25) is 5.91 Å². The van der Waals surface area contributed by atoms with Gasteiger partial charge in [-0.15, -0.1) is 0 Å². The number of piperazine rings is 1. The summed E-state index contributed by atoms with van der Waals surface area (Å²) in [5.74, 6) is -0.0384. The molecule has 1 aromatic carbocycles. The number of anilines is 1. The average Bonchev–Trinajstić information content (AvgIpc) is 3.07. The first-order chi connectivity index (χ1) is 11.1. The number of hydrogen-bond donors (Lipinski definition) is 1. The average molecular weight is 356 g/mol. The Balaban J connectivity index is 1.46. The van der Waals surface area contributed by atoms with E-state index >= 15 is 0 Å². The maximum absolute atomic E-state index is 12.2. The molecule has 126 valence electrons. The van der Waals surface area contributed by atoms with Crippen LogP contribution in [-0.4, -0.2) is 54.5 Å². The molecule has 2 aliphatic rings. The van der Waals surface area contributed by atoms with Gasteiger partial charge in [-0.2, -0.15) is 0 Å². The van der Waals surface area contributed by atoms with E-state index in [1.54, 1.807) is 18.2 Å². The molecular formula is C17H23Cl2N3O. The van der Waals surface area contributed by atoms with Crippen molar-refractivity contribution in [2.45, 2.75) is 31.7 Å². The molecular weight excluding hydrogens is 333 g/mol. The molecule has 1 aliphatic carbocycles. The lowest BCUT2D eigenvalue weighted by Gasteiger charge is -2.37. The van der Waals surface area contributed by atoms with Crippen LogP contribution in [0.15, 0.2) is 18.2 Å². The summed E-state index contributed by atoms with van der Waals surface area (Å²) in [4.78, 5) is 17.0. The van der Waals surface area contributed by atoms with E-state index in [-0.39, 0.29) is 5.91 Å². The number of nitrogens with zero attached hydrogens (tertiary/aromatic N) is 2. The van der Waals surface area contributed by atoms with Gasteiger partial charge >= 0.3 is 0 Å². The molecule has 0 bridgehead atoms. The van der Waals surface area contributed by atoms with E-state index in [0.717, 1.165) is 32.2 Å². The molecule has 23 heavy (non-hydrogen) atoms. The minimum absolute atomic E-state index is 0.0384. The molecule has 1 amide bonds. The van der Waals surface area contributed by atoms with Crippen LogP contribution in [0.2, 0.25) is 10.0 Å². The van der Waals surface area contributed by atoms with Crippen LogP contribution >= 0.6 is 23.2 Å². The summed E-state index contributed by atoms with van der Waals surface area (Å²) in [6, 6.07) is 6.03. The zero-order valence-corrected chi connectivity index (χ0v) is 14.7. The lowest BCUT2D eigenvalue weighted by Crippen LogP contribution is -2.51. The van der Waals surface area contributed by atoms with E-state index in [9.17, 15) is 4.79 Å². The highest BCUT2D eigenvalue weighted by Gasteiger charge is 2.26. The Morgan fingerprint density at radius 3 is 2.52 bits per heavy atom. The number of benzene rings is 1. The number of halogens is 2. The molecule has 1 aromatic rings. The fraction of sp³-hybridized carbons (Fsp3) is 0.588. The monoisotopic (exact) mass is 355 g/mol. The highest BCUT2D eigenvalue weighted by atomic mass is 35.5. The van der Waals surface area contributed by atoms with E-state index < -0.39 is 0 Å². The van der Waals surface area contributed by atoms with Gasteiger partial charge in [-0.05, 0) is 25.0 Å². The van der Waals surface area contributed by atoms with Crippen LogP contribution in [0, 0.1) is 0 Å². The summed E-state index contributed by atoms with van der Waals surface area (Å²) in [5, 5.41) is 3.70. The van der Waals surface area contributed by atoms with E-state index in [0.29, 0.717) is 22.3 Å². The lowest BCUT2D eigenvalue weighted by atomic mass is 10.2. The van der Waals surface area contributed by atoms with Crippen molar-refractivity contribution >= 4 is 34.8 Å². The summed E-state index contributed by atoms with van der Waals surface area (Å²) in [5.41, 5.74) is 0.578. The Morgan fingerprint density at radius 2 is 1.83 bits per heavy atom. The molecule has 3 rings (SSSR count). The second-order valence-corrected chi connectivity index (χ2v) is 7.19. The third kappa shape index (κ3) is 4.38. The van der Waals surface area contributed by atoms with Crippen LogP contribution in [0.4, 0.5) is 5.69 Å². The maximum atomic E-state index is 12.2. The second-order valence-electron chi connectivity index (χ2n) is 6.40. The van der Waals surface area contributed by atoms with Crippen LogP contribution < -0.4 is 5.32 Å². The lowest BCUT2D eigenvalue weighted by molar-refractivity contribution is -0.117. The van der Waals surface area contributed by atoms with Crippen molar-refractivity contribution in [1.29, 1.82) is 0 Å². The molecule has 0 unspecified atom stereocenters. The summed E-state index contributed by atoms with van der Waals surface area (Å²) in [6.07, 6.45) is 5.42. The molecule has 4 nitrogen and oxygen atoms in total. The Kier molecular flexibility index (Phi) is 5.81. The van der Waals surface area contributed by atoms with Crippen molar-refractivity contribution in [3.05, 3.63) is 28.2 Å². The van der Waals surface area contributed by atoms with Gasteiger partial charge in [0.1, 0.15) is 0 Å². The first-order valence-corrected chi connectivity index (χ1v) is 9.09. The number of rotatable bonds is 4. The highest BCUT2D eigenvalue weighted by Crippen LogP contribution is 2.29. The normalized spacial score (nSPS) is 20.8. The fourth-order valence-corrected chi connectivity index (χ4v) is 3.90. The maximum Gasteiger partial charge on any atom is 0.238 e. The third-order valence-corrected chi connectivity index (χ3v) is 5.66. The standard InChI is InChI=1S/C17H23Cl2N3O/c18-14-6-3-7-15(17(14)19)20-16(23)12-21-8-10-22(11-9-21)13-4-1-2-5-13/h3,6-7,13H,1-2,4-5,8-12H2,(H,20,23). The smallest absolute Gasteiger partial charge is 0.238 e. The highest BCUT2D eigenvalue weighted by molar-refractivity contribution is 6.43. The molecule has 1 saturated heterocycles. The van der Waals surface area contributed by atoms with Gasteiger partial charge in [0.15, 0.2) is 0 Å². The van der Waals surface area contributed by atoms with E-state index in [4.69, 9.17) is 23.2 Å². The molecule has 1 heterocycles. The zero-order valence-electron chi connectivity index (χ0n) is 13.2. The van der Waals surface area contributed by atoms with Crippen LogP contribution in [0.1, 0.15) is 25.7 Å². The molecule has 1 aliphatic heterocycles. The first-order valence-electron chi connectivity index (χ1n) is 8.34. The van der Waals surface area contributed by atoms with Crippen molar-refractivity contribution in [2.75, 3.05) is 38.0 Å². The van der Waals surface area contributed by atoms with Crippen LogP contribution in [-0.2, 0) is 4.79 Å². The fourth-order valence-electron chi connectivity index (χ4n) is 3.55. The summed E-state index contributed by atoms with van der Waals surface area (Å²) >= 11 is 12.1. The number of carbonyl (C=O) groups is 1. The minimum Gasteiger partial charge on any atom is -0.324 e. The number of hydrogen-bond acceptors (Lipinski definition) is 3. The van der Waals surface area contributed by atoms with Crippen LogP contribution in [0.25, 0.3) is 0 Å². The van der Waals surface area contributed by atoms with E-state index in [2.05, 4.69) is 15.1 Å². The predicted octanol–water partition coefficient (Wildman–Crippen LogP) is 3.49. The molecule has 0 spiro atoms. The van der Waals surface area contributed by atoms with Gasteiger partial charge in [0, 0.05) is 32.2 Å². The SMILES string of the molecule is O=C(CN1CCN(C2CCCC2)CC1)Nc1cccc(Cl)c1Cl. The van der Waals surface area contributed by atoms with Crippen molar-refractivity contribution in [2.24, 2.45) is 0 Å². The Morgan fingerprint density at radius 1 is 1.13 bits per heavy atom. The largest absolute Gasteiger partial charge is 0.324 e. The van der Waals surface area contributed by atoms with Crippen molar-refractivity contribution in [1.82, 2.24) is 9.80 Å². The number of nitrogens with one attached hydrogen (secondary N) is 1. The molecule has 0 radical (unpaired) electrons. The topological polar surface area (TPSA) is 35.6 Å². The first kappa shape index (κ1) is 17.0. The number of carbonyl (C=O) groups excluding carboxylic acids is 1. The van der Waals surface area contributed by atoms with Gasteiger partial charge in [0.05, 0.1) is 22.3 Å². The van der Waals surface area contributed by atoms with Gasteiger partial charge in [-0.3, -0.25) is 14.6 Å². The van der Waals surface area contributed by atoms with Crippen molar-refractivity contribution in [3.8, 4) is 0 Å². The molecule has 0 aromatic heterocycles. The van der Waals surface area contributed by atoms with Crippen molar-refractivity contribution in [3.63, 3.8) is 0 Å². The Labute approximate surface area is 147 Å². The number of amides is 1.